The number of benzene rings is 1. The molecule has 1 aromatic carbocycles. The fraction of sp³-hybridized carbons (Fsp3) is 0.583. The molecule has 2 bridgehead atoms. The van der Waals surface area contributed by atoms with E-state index in [1.807, 2.05) is 30.3 Å². The molecule has 4 aliphatic rings. The number of carbonyl (C=O) groups excluding carboxylic acids is 1. The zero-order valence-electron chi connectivity index (χ0n) is 17.9. The Kier molecular flexibility index (Phi) is 4.86. The lowest BCUT2D eigenvalue weighted by Crippen LogP contribution is -2.60. The number of likely N-dealkylation sites (tertiary alicyclic amines) is 1. The number of amides is 1. The molecule has 0 saturated carbocycles. The molecule has 7 heteroatoms. The predicted molar refractivity (Wildman–Crippen MR) is 116 cm³/mol. The molecule has 0 unspecified atom stereocenters. The van der Waals surface area contributed by atoms with E-state index in [0.29, 0.717) is 11.8 Å². The number of nitrogens with zero attached hydrogens (tertiary/aromatic N) is 6. The van der Waals surface area contributed by atoms with Crippen LogP contribution in [0.15, 0.2) is 48.3 Å². The van der Waals surface area contributed by atoms with Gasteiger partial charge in [0.15, 0.2) is 6.04 Å². The van der Waals surface area contributed by atoms with Crippen molar-refractivity contribution in [2.45, 2.75) is 56.7 Å². The minimum absolute atomic E-state index is 0.119. The molecule has 1 aliphatic carbocycles. The van der Waals surface area contributed by atoms with Crippen LogP contribution in [0, 0.1) is 11.8 Å². The van der Waals surface area contributed by atoms with Crippen molar-refractivity contribution < 1.29 is 4.79 Å². The predicted octanol–water partition coefficient (Wildman–Crippen LogP) is 2.68. The lowest BCUT2D eigenvalue weighted by molar-refractivity contribution is -0.139. The van der Waals surface area contributed by atoms with Crippen molar-refractivity contribution >= 4 is 5.91 Å². The number of hydrogen-bond donors (Lipinski definition) is 0. The number of hydrogen-bond acceptors (Lipinski definition) is 5. The van der Waals surface area contributed by atoms with Gasteiger partial charge in [-0.25, -0.2) is 4.68 Å². The summed E-state index contributed by atoms with van der Waals surface area (Å²) in [4.78, 5) is 19.0. The van der Waals surface area contributed by atoms with E-state index in [-0.39, 0.29) is 11.9 Å². The maximum atomic E-state index is 14.1. The van der Waals surface area contributed by atoms with Crippen molar-refractivity contribution in [2.24, 2.45) is 11.8 Å². The van der Waals surface area contributed by atoms with Gasteiger partial charge in [0.25, 0.3) is 5.91 Å². The first-order valence-electron chi connectivity index (χ1n) is 11.8. The maximum absolute atomic E-state index is 14.1. The number of tetrazole rings is 1. The van der Waals surface area contributed by atoms with Gasteiger partial charge in [-0.15, -0.1) is 5.10 Å². The molecule has 7 nitrogen and oxygen atoms in total. The monoisotopic (exact) mass is 418 g/mol. The van der Waals surface area contributed by atoms with Crippen molar-refractivity contribution in [2.75, 3.05) is 19.6 Å². The largest absolute Gasteiger partial charge is 0.333 e. The van der Waals surface area contributed by atoms with Crippen molar-refractivity contribution in [3.05, 3.63) is 53.9 Å². The molecule has 1 amide bonds. The molecule has 3 fully saturated rings. The van der Waals surface area contributed by atoms with Gasteiger partial charge in [0, 0.05) is 19.1 Å². The molecule has 0 N–H and O–H groups in total. The summed E-state index contributed by atoms with van der Waals surface area (Å²) in [6, 6.07) is 10.4. The van der Waals surface area contributed by atoms with Gasteiger partial charge in [0.2, 0.25) is 0 Å². The summed E-state index contributed by atoms with van der Waals surface area (Å²) in [6.45, 7) is 3.17. The quantitative estimate of drug-likeness (QED) is 0.717. The van der Waals surface area contributed by atoms with Crippen LogP contribution in [0.25, 0.3) is 0 Å². The molecule has 162 valence electrons. The Morgan fingerprint density at radius 2 is 2.00 bits per heavy atom. The van der Waals surface area contributed by atoms with E-state index in [1.54, 1.807) is 11.0 Å². The molecular formula is C24H30N6O. The van der Waals surface area contributed by atoms with Gasteiger partial charge in [-0.2, -0.15) is 0 Å². The van der Waals surface area contributed by atoms with Crippen LogP contribution in [0.5, 0.6) is 0 Å². The molecule has 3 saturated heterocycles. The molecule has 5 atom stereocenters. The average molecular weight is 419 g/mol. The van der Waals surface area contributed by atoms with E-state index in [9.17, 15) is 4.79 Å². The average Bonchev–Trinajstić information content (AvgIpc) is 3.34. The van der Waals surface area contributed by atoms with E-state index in [0.717, 1.165) is 37.5 Å². The van der Waals surface area contributed by atoms with Crippen LogP contribution < -0.4 is 0 Å². The van der Waals surface area contributed by atoms with E-state index < -0.39 is 6.04 Å². The summed E-state index contributed by atoms with van der Waals surface area (Å²) >= 11 is 0. The van der Waals surface area contributed by atoms with E-state index >= 15 is 0 Å². The standard InChI is InChI=1S/C24H30N6O/c31-24(23(30-16-25-26-27-30)17-7-2-1-3-8-17)29-12-6-9-18-13-19-14-20(22(18)29)15-28-11-5-4-10-21(19)28/h1-3,7-8,13,16,19-23H,4-6,9-12,14-15H2/t19-,20-,21+,22+,23+/m0/s1. The second-order valence-electron chi connectivity index (χ2n) is 9.64. The fourth-order valence-corrected chi connectivity index (χ4v) is 6.71. The Morgan fingerprint density at radius 3 is 2.84 bits per heavy atom. The van der Waals surface area contributed by atoms with Crippen molar-refractivity contribution in [1.29, 1.82) is 0 Å². The Balaban J connectivity index is 1.35. The van der Waals surface area contributed by atoms with Crippen molar-refractivity contribution in [3.8, 4) is 0 Å². The molecule has 6 rings (SSSR count). The van der Waals surface area contributed by atoms with Crippen LogP contribution in [0.4, 0.5) is 0 Å². The minimum atomic E-state index is -0.514. The van der Waals surface area contributed by atoms with Crippen LogP contribution >= 0.6 is 0 Å². The first-order valence-corrected chi connectivity index (χ1v) is 11.8. The molecular weight excluding hydrogens is 388 g/mol. The lowest BCUT2D eigenvalue weighted by Gasteiger charge is -2.55. The summed E-state index contributed by atoms with van der Waals surface area (Å²) in [5.74, 6) is 1.33. The van der Waals surface area contributed by atoms with Gasteiger partial charge in [-0.3, -0.25) is 9.69 Å². The zero-order valence-corrected chi connectivity index (χ0v) is 17.9. The number of rotatable bonds is 3. The van der Waals surface area contributed by atoms with Crippen molar-refractivity contribution in [3.63, 3.8) is 0 Å². The van der Waals surface area contributed by atoms with Crippen LogP contribution in [0.2, 0.25) is 0 Å². The fourth-order valence-electron chi connectivity index (χ4n) is 6.71. The minimum Gasteiger partial charge on any atom is -0.333 e. The third kappa shape index (κ3) is 3.30. The highest BCUT2D eigenvalue weighted by molar-refractivity contribution is 5.84. The highest BCUT2D eigenvalue weighted by Crippen LogP contribution is 2.45. The number of fused-ring (bicyclic) bond motifs is 6. The summed E-state index contributed by atoms with van der Waals surface area (Å²) in [7, 11) is 0. The SMILES string of the molecule is O=C([C@@H](c1ccccc1)n1cnnn1)N1CCCC2=C[C@H]3C[C@@H](CN4CCCC[C@H]34)[C@@H]21. The van der Waals surface area contributed by atoms with Crippen LogP contribution in [0.3, 0.4) is 0 Å². The molecule has 4 heterocycles. The smallest absolute Gasteiger partial charge is 0.252 e. The van der Waals surface area contributed by atoms with E-state index in [1.165, 1.54) is 37.8 Å². The summed E-state index contributed by atoms with van der Waals surface area (Å²) in [5, 5.41) is 11.7. The van der Waals surface area contributed by atoms with Gasteiger partial charge in [-0.05, 0) is 66.5 Å². The highest BCUT2D eigenvalue weighted by Gasteiger charge is 2.48. The Labute approximate surface area is 183 Å². The Morgan fingerprint density at radius 1 is 1.10 bits per heavy atom. The van der Waals surface area contributed by atoms with Gasteiger partial charge in [0.05, 0.1) is 6.04 Å². The first-order chi connectivity index (χ1) is 15.3. The first kappa shape index (κ1) is 19.2. The summed E-state index contributed by atoms with van der Waals surface area (Å²) in [5.41, 5.74) is 2.44. The molecule has 3 aliphatic heterocycles. The molecule has 1 aromatic heterocycles. The number of piperidine rings is 3. The Hall–Kier alpha value is -2.54. The van der Waals surface area contributed by atoms with Gasteiger partial charge in [-0.1, -0.05) is 48.4 Å². The second-order valence-corrected chi connectivity index (χ2v) is 9.64. The second kappa shape index (κ2) is 7.86. The van der Waals surface area contributed by atoms with Crippen LogP contribution in [0.1, 0.15) is 50.1 Å². The van der Waals surface area contributed by atoms with E-state index in [2.05, 4.69) is 31.4 Å². The third-order valence-electron chi connectivity index (χ3n) is 7.92. The number of aromatic nitrogens is 4. The zero-order chi connectivity index (χ0) is 20.8. The lowest BCUT2D eigenvalue weighted by atomic mass is 9.68. The molecule has 2 aromatic rings. The van der Waals surface area contributed by atoms with E-state index in [4.69, 9.17) is 0 Å². The number of carbonyl (C=O) groups is 1. The topological polar surface area (TPSA) is 67.2 Å². The summed E-state index contributed by atoms with van der Waals surface area (Å²) in [6.07, 6.45) is 11.5. The molecule has 31 heavy (non-hydrogen) atoms. The third-order valence-corrected chi connectivity index (χ3v) is 7.92. The van der Waals surface area contributed by atoms with Gasteiger partial charge < -0.3 is 4.90 Å². The van der Waals surface area contributed by atoms with Gasteiger partial charge >= 0.3 is 0 Å². The van der Waals surface area contributed by atoms with Crippen LogP contribution in [-0.4, -0.2) is 67.6 Å². The normalized spacial score (nSPS) is 31.4. The molecule has 0 radical (unpaired) electrons. The Bertz CT molecular complexity index is 958. The molecule has 0 spiro atoms. The van der Waals surface area contributed by atoms with Crippen molar-refractivity contribution in [1.82, 2.24) is 30.0 Å². The van der Waals surface area contributed by atoms with Crippen LogP contribution in [-0.2, 0) is 4.79 Å². The van der Waals surface area contributed by atoms with Gasteiger partial charge in [0.1, 0.15) is 6.33 Å². The summed E-state index contributed by atoms with van der Waals surface area (Å²) < 4.78 is 1.61. The highest BCUT2D eigenvalue weighted by atomic mass is 16.2. The maximum Gasteiger partial charge on any atom is 0.252 e.